The number of carbonyl (C=O) groups excluding carboxylic acids is 1. The van der Waals surface area contributed by atoms with Gasteiger partial charge in [-0.1, -0.05) is 24.9 Å². The van der Waals surface area contributed by atoms with Gasteiger partial charge in [-0.2, -0.15) is 4.72 Å². The summed E-state index contributed by atoms with van der Waals surface area (Å²) in [5, 5.41) is 9.04. The lowest BCUT2D eigenvalue weighted by atomic mass is 10.2. The van der Waals surface area contributed by atoms with Gasteiger partial charge < -0.3 is 9.84 Å². The van der Waals surface area contributed by atoms with E-state index in [0.29, 0.717) is 6.42 Å². The van der Waals surface area contributed by atoms with Crippen molar-refractivity contribution in [2.75, 3.05) is 7.11 Å². The number of benzene rings is 1. The van der Waals surface area contributed by atoms with Crippen molar-refractivity contribution in [2.45, 2.75) is 30.7 Å². The first kappa shape index (κ1) is 18.4. The van der Waals surface area contributed by atoms with E-state index in [4.69, 9.17) is 16.7 Å². The van der Waals surface area contributed by atoms with Crippen LogP contribution in [0.4, 0.5) is 0 Å². The van der Waals surface area contributed by atoms with E-state index in [1.54, 1.807) is 6.92 Å². The summed E-state index contributed by atoms with van der Waals surface area (Å²) in [4.78, 5) is 22.2. The van der Waals surface area contributed by atoms with Crippen LogP contribution in [-0.2, 0) is 19.6 Å². The first-order valence-corrected chi connectivity index (χ1v) is 8.21. The van der Waals surface area contributed by atoms with Gasteiger partial charge in [0.1, 0.15) is 6.04 Å². The predicted octanol–water partition coefficient (Wildman–Crippen LogP) is 1.66. The van der Waals surface area contributed by atoms with Crippen LogP contribution < -0.4 is 4.72 Å². The maximum Gasteiger partial charge on any atom is 0.337 e. The number of hydrogen-bond donors (Lipinski definition) is 2. The Morgan fingerprint density at radius 1 is 1.36 bits per heavy atom. The highest BCUT2D eigenvalue weighted by atomic mass is 35.5. The van der Waals surface area contributed by atoms with Crippen LogP contribution in [0.5, 0.6) is 0 Å². The van der Waals surface area contributed by atoms with E-state index in [1.807, 2.05) is 0 Å². The fourth-order valence-corrected chi connectivity index (χ4v) is 3.32. The molecule has 0 saturated carbocycles. The summed E-state index contributed by atoms with van der Waals surface area (Å²) in [5.41, 5.74) is -0.0438. The van der Waals surface area contributed by atoms with Crippen molar-refractivity contribution in [3.8, 4) is 0 Å². The SMILES string of the molecule is CCCC(NS(=O)(=O)c1cc(Cl)cc(C(=O)OC)c1)C(=O)O. The molecule has 0 bridgehead atoms. The van der Waals surface area contributed by atoms with Crippen LogP contribution in [0.15, 0.2) is 23.1 Å². The summed E-state index contributed by atoms with van der Waals surface area (Å²) >= 11 is 5.80. The molecule has 0 aliphatic rings. The number of methoxy groups -OCH3 is 1. The van der Waals surface area contributed by atoms with E-state index in [-0.39, 0.29) is 21.9 Å². The Morgan fingerprint density at radius 3 is 2.50 bits per heavy atom. The summed E-state index contributed by atoms with van der Waals surface area (Å²) in [5.74, 6) is -2.03. The third-order valence-corrected chi connectivity index (χ3v) is 4.44. The van der Waals surface area contributed by atoms with E-state index < -0.39 is 28.0 Å². The van der Waals surface area contributed by atoms with Gasteiger partial charge in [-0.15, -0.1) is 0 Å². The van der Waals surface area contributed by atoms with Crippen LogP contribution >= 0.6 is 11.6 Å². The molecule has 0 radical (unpaired) electrons. The van der Waals surface area contributed by atoms with Gasteiger partial charge >= 0.3 is 11.9 Å². The summed E-state index contributed by atoms with van der Waals surface area (Å²) in [7, 11) is -2.99. The number of nitrogens with one attached hydrogen (secondary N) is 1. The molecule has 1 unspecified atom stereocenters. The normalized spacial score (nSPS) is 12.7. The zero-order valence-corrected chi connectivity index (χ0v) is 13.6. The minimum absolute atomic E-state index is 0.0191. The first-order valence-electron chi connectivity index (χ1n) is 6.35. The van der Waals surface area contributed by atoms with Crippen LogP contribution in [0.25, 0.3) is 0 Å². The van der Waals surface area contributed by atoms with Gasteiger partial charge in [0.25, 0.3) is 0 Å². The van der Waals surface area contributed by atoms with Crippen molar-refractivity contribution < 1.29 is 27.9 Å². The third kappa shape index (κ3) is 4.69. The molecule has 0 saturated heterocycles. The van der Waals surface area contributed by atoms with Gasteiger partial charge in [-0.25, -0.2) is 13.2 Å². The van der Waals surface area contributed by atoms with Crippen LogP contribution in [0.3, 0.4) is 0 Å². The minimum atomic E-state index is -4.14. The van der Waals surface area contributed by atoms with Gasteiger partial charge in [0, 0.05) is 5.02 Å². The molecule has 22 heavy (non-hydrogen) atoms. The van der Waals surface area contributed by atoms with E-state index >= 15 is 0 Å². The maximum absolute atomic E-state index is 12.3. The standard InChI is InChI=1S/C13H16ClNO6S/c1-3-4-11(12(16)17)15-22(19,20)10-6-8(13(18)21-2)5-9(14)7-10/h5-7,11,15H,3-4H2,1-2H3,(H,16,17). The Labute approximate surface area is 133 Å². The number of hydrogen-bond acceptors (Lipinski definition) is 5. The number of sulfonamides is 1. The maximum atomic E-state index is 12.3. The largest absolute Gasteiger partial charge is 0.480 e. The number of carbonyl (C=O) groups is 2. The van der Waals surface area contributed by atoms with Crippen molar-refractivity contribution in [1.29, 1.82) is 0 Å². The molecule has 0 aliphatic heterocycles. The van der Waals surface area contributed by atoms with E-state index in [0.717, 1.165) is 19.2 Å². The summed E-state index contributed by atoms with van der Waals surface area (Å²) < 4.78 is 31.1. The Hall–Kier alpha value is -1.64. The van der Waals surface area contributed by atoms with Crippen LogP contribution in [0, 0.1) is 0 Å². The zero-order valence-electron chi connectivity index (χ0n) is 12.0. The number of carboxylic acids is 1. The summed E-state index contributed by atoms with van der Waals surface area (Å²) in [6.07, 6.45) is 0.626. The molecule has 2 N–H and O–H groups in total. The van der Waals surface area contributed by atoms with Crippen molar-refractivity contribution in [1.82, 2.24) is 4.72 Å². The van der Waals surface area contributed by atoms with Gasteiger partial charge in [-0.3, -0.25) is 4.79 Å². The van der Waals surface area contributed by atoms with E-state index in [9.17, 15) is 18.0 Å². The molecule has 0 amide bonds. The topological polar surface area (TPSA) is 110 Å². The van der Waals surface area contributed by atoms with Gasteiger partial charge in [0.15, 0.2) is 0 Å². The monoisotopic (exact) mass is 349 g/mol. The lowest BCUT2D eigenvalue weighted by Gasteiger charge is -2.14. The molecule has 1 atom stereocenters. The van der Waals surface area contributed by atoms with Gasteiger partial charge in [0.2, 0.25) is 10.0 Å². The molecule has 1 rings (SSSR count). The Bertz CT molecular complexity index is 673. The van der Waals surface area contributed by atoms with Crippen molar-refractivity contribution in [2.24, 2.45) is 0 Å². The predicted molar refractivity (Wildman–Crippen MR) is 79.4 cm³/mol. The lowest BCUT2D eigenvalue weighted by molar-refractivity contribution is -0.139. The van der Waals surface area contributed by atoms with Crippen LogP contribution in [-0.4, -0.2) is 38.6 Å². The molecule has 0 fully saturated rings. The van der Waals surface area contributed by atoms with E-state index in [1.165, 1.54) is 6.07 Å². The third-order valence-electron chi connectivity index (χ3n) is 2.78. The number of rotatable bonds is 7. The molecule has 7 nitrogen and oxygen atoms in total. The highest BCUT2D eigenvalue weighted by Gasteiger charge is 2.25. The molecular formula is C13H16ClNO6S. The van der Waals surface area contributed by atoms with Crippen molar-refractivity contribution in [3.63, 3.8) is 0 Å². The Kier molecular flexibility index (Phi) is 6.34. The fourth-order valence-electron chi connectivity index (χ4n) is 1.73. The molecule has 0 spiro atoms. The first-order chi connectivity index (χ1) is 10.2. The summed E-state index contributed by atoms with van der Waals surface area (Å²) in [6, 6.07) is 2.20. The Balaban J connectivity index is 3.19. The highest BCUT2D eigenvalue weighted by molar-refractivity contribution is 7.89. The molecule has 0 heterocycles. The van der Waals surface area contributed by atoms with Gasteiger partial charge in [-0.05, 0) is 24.6 Å². The van der Waals surface area contributed by atoms with E-state index in [2.05, 4.69) is 9.46 Å². The lowest BCUT2D eigenvalue weighted by Crippen LogP contribution is -2.40. The van der Waals surface area contributed by atoms with Gasteiger partial charge in [0.05, 0.1) is 17.6 Å². The zero-order chi connectivity index (χ0) is 16.9. The fraction of sp³-hybridized carbons (Fsp3) is 0.385. The van der Waals surface area contributed by atoms with Crippen LogP contribution in [0.1, 0.15) is 30.1 Å². The molecule has 122 valence electrons. The number of esters is 1. The summed E-state index contributed by atoms with van der Waals surface area (Å²) in [6.45, 7) is 1.74. The molecular weight excluding hydrogens is 334 g/mol. The number of aliphatic carboxylic acids is 1. The number of halogens is 1. The van der Waals surface area contributed by atoms with Crippen molar-refractivity contribution in [3.05, 3.63) is 28.8 Å². The Morgan fingerprint density at radius 2 is 2.00 bits per heavy atom. The molecule has 9 heteroatoms. The quantitative estimate of drug-likeness (QED) is 0.724. The second-order valence-corrected chi connectivity index (χ2v) is 6.62. The molecule has 1 aromatic carbocycles. The minimum Gasteiger partial charge on any atom is -0.480 e. The molecule has 1 aromatic rings. The second kappa shape index (κ2) is 7.57. The number of ether oxygens (including phenoxy) is 1. The molecule has 0 aliphatic carbocycles. The van der Waals surface area contributed by atoms with Crippen molar-refractivity contribution >= 4 is 33.6 Å². The second-order valence-electron chi connectivity index (χ2n) is 4.47. The highest BCUT2D eigenvalue weighted by Crippen LogP contribution is 2.20. The average molecular weight is 350 g/mol. The molecule has 0 aromatic heterocycles. The smallest absolute Gasteiger partial charge is 0.337 e. The van der Waals surface area contributed by atoms with Crippen LogP contribution in [0.2, 0.25) is 5.02 Å². The number of carboxylic acid groups (broad SMARTS) is 1. The average Bonchev–Trinajstić information content (AvgIpc) is 2.45.